The van der Waals surface area contributed by atoms with Gasteiger partial charge in [-0.3, -0.25) is 9.20 Å². The highest BCUT2D eigenvalue weighted by molar-refractivity contribution is 5.91. The summed E-state index contributed by atoms with van der Waals surface area (Å²) in [6.45, 7) is 0.723. The first kappa shape index (κ1) is 15.2. The quantitative estimate of drug-likeness (QED) is 0.719. The van der Waals surface area contributed by atoms with Crippen LogP contribution in [-0.4, -0.2) is 33.8 Å². The SMILES string of the molecule is O=C(/C=C/c1ccc2c(c1)OCO2)NCCc1nnc2ccccn12. The highest BCUT2D eigenvalue weighted by Crippen LogP contribution is 2.32. The molecule has 2 aromatic heterocycles. The number of hydrogen-bond donors (Lipinski definition) is 1. The van der Waals surface area contributed by atoms with Gasteiger partial charge in [-0.2, -0.15) is 0 Å². The first-order valence-corrected chi connectivity index (χ1v) is 7.94. The van der Waals surface area contributed by atoms with Crippen molar-refractivity contribution in [1.82, 2.24) is 19.9 Å². The summed E-state index contributed by atoms with van der Waals surface area (Å²) in [6.07, 6.45) is 5.75. The van der Waals surface area contributed by atoms with Crippen molar-refractivity contribution in [3.05, 3.63) is 60.1 Å². The van der Waals surface area contributed by atoms with E-state index in [1.54, 1.807) is 6.08 Å². The largest absolute Gasteiger partial charge is 0.454 e. The molecule has 4 rings (SSSR count). The molecule has 0 radical (unpaired) electrons. The van der Waals surface area contributed by atoms with E-state index in [1.165, 1.54) is 6.08 Å². The summed E-state index contributed by atoms with van der Waals surface area (Å²) in [5.74, 6) is 2.07. The summed E-state index contributed by atoms with van der Waals surface area (Å²) < 4.78 is 12.5. The number of carbonyl (C=O) groups is 1. The van der Waals surface area contributed by atoms with E-state index in [1.807, 2.05) is 47.0 Å². The lowest BCUT2D eigenvalue weighted by atomic mass is 10.2. The molecule has 0 spiro atoms. The molecule has 3 heterocycles. The number of nitrogens with one attached hydrogen (secondary N) is 1. The summed E-state index contributed by atoms with van der Waals surface area (Å²) in [5, 5.41) is 11.1. The fourth-order valence-electron chi connectivity index (χ4n) is 2.61. The van der Waals surface area contributed by atoms with Gasteiger partial charge in [0, 0.05) is 25.2 Å². The number of carbonyl (C=O) groups excluding carboxylic acids is 1. The molecule has 0 saturated heterocycles. The Morgan fingerprint density at radius 2 is 2.12 bits per heavy atom. The van der Waals surface area contributed by atoms with Crippen LogP contribution in [-0.2, 0) is 11.2 Å². The first-order chi connectivity index (χ1) is 12.3. The Labute approximate surface area is 143 Å². The molecule has 7 nitrogen and oxygen atoms in total. The van der Waals surface area contributed by atoms with Gasteiger partial charge in [0.15, 0.2) is 17.1 Å². The molecular formula is C18H16N4O3. The molecule has 7 heteroatoms. The van der Waals surface area contributed by atoms with E-state index in [9.17, 15) is 4.79 Å². The number of ether oxygens (including phenoxy) is 2. The monoisotopic (exact) mass is 336 g/mol. The standard InChI is InChI=1S/C18H16N4O3/c23-18(7-5-13-4-6-14-15(11-13)25-12-24-14)19-9-8-17-21-20-16-3-1-2-10-22(16)17/h1-7,10-11H,8-9,12H2,(H,19,23)/b7-5+. The van der Waals surface area contributed by atoms with Crippen molar-refractivity contribution in [3.8, 4) is 11.5 Å². The van der Waals surface area contributed by atoms with Crippen molar-refractivity contribution in [2.45, 2.75) is 6.42 Å². The van der Waals surface area contributed by atoms with Crippen LogP contribution in [0, 0.1) is 0 Å². The maximum absolute atomic E-state index is 11.9. The van der Waals surface area contributed by atoms with Gasteiger partial charge in [0.2, 0.25) is 12.7 Å². The third-order valence-corrected chi connectivity index (χ3v) is 3.86. The topological polar surface area (TPSA) is 77.8 Å². The zero-order valence-electron chi connectivity index (χ0n) is 13.4. The molecule has 0 unspecified atom stereocenters. The van der Waals surface area contributed by atoms with Crippen molar-refractivity contribution in [2.24, 2.45) is 0 Å². The molecule has 126 valence electrons. The molecule has 0 atom stereocenters. The average Bonchev–Trinajstić information content (AvgIpc) is 3.26. The first-order valence-electron chi connectivity index (χ1n) is 7.94. The van der Waals surface area contributed by atoms with Gasteiger partial charge in [-0.15, -0.1) is 10.2 Å². The van der Waals surface area contributed by atoms with Crippen LogP contribution < -0.4 is 14.8 Å². The highest BCUT2D eigenvalue weighted by atomic mass is 16.7. The van der Waals surface area contributed by atoms with E-state index in [4.69, 9.17) is 9.47 Å². The second-order valence-corrected chi connectivity index (χ2v) is 5.53. The maximum Gasteiger partial charge on any atom is 0.244 e. The van der Waals surface area contributed by atoms with Crippen LogP contribution in [0.4, 0.5) is 0 Å². The molecule has 1 aromatic carbocycles. The minimum Gasteiger partial charge on any atom is -0.454 e. The second kappa shape index (κ2) is 6.64. The number of fused-ring (bicyclic) bond motifs is 2. The summed E-state index contributed by atoms with van der Waals surface area (Å²) in [4.78, 5) is 11.9. The van der Waals surface area contributed by atoms with Gasteiger partial charge in [0.05, 0.1) is 0 Å². The predicted octanol–water partition coefficient (Wildman–Crippen LogP) is 1.83. The van der Waals surface area contributed by atoms with Crippen LogP contribution >= 0.6 is 0 Å². The number of hydrogen-bond acceptors (Lipinski definition) is 5. The lowest BCUT2D eigenvalue weighted by Gasteiger charge is -2.02. The lowest BCUT2D eigenvalue weighted by molar-refractivity contribution is -0.116. The third kappa shape index (κ3) is 3.30. The van der Waals surface area contributed by atoms with Crippen molar-refractivity contribution < 1.29 is 14.3 Å². The Morgan fingerprint density at radius 3 is 3.08 bits per heavy atom. The summed E-state index contributed by atoms with van der Waals surface area (Å²) in [6, 6.07) is 11.3. The molecule has 25 heavy (non-hydrogen) atoms. The highest BCUT2D eigenvalue weighted by Gasteiger charge is 2.12. The molecule has 0 saturated carbocycles. The smallest absolute Gasteiger partial charge is 0.244 e. The Morgan fingerprint density at radius 1 is 1.20 bits per heavy atom. The van der Waals surface area contributed by atoms with Crippen LogP contribution in [0.5, 0.6) is 11.5 Å². The Kier molecular flexibility index (Phi) is 4.04. The number of amides is 1. The van der Waals surface area contributed by atoms with E-state index in [-0.39, 0.29) is 12.7 Å². The van der Waals surface area contributed by atoms with Gasteiger partial charge >= 0.3 is 0 Å². The van der Waals surface area contributed by atoms with Crippen LogP contribution in [0.2, 0.25) is 0 Å². The molecule has 3 aromatic rings. The van der Waals surface area contributed by atoms with Gasteiger partial charge in [0.25, 0.3) is 0 Å². The molecule has 1 N–H and O–H groups in total. The number of rotatable bonds is 5. The Hall–Kier alpha value is -3.35. The van der Waals surface area contributed by atoms with Gasteiger partial charge in [-0.25, -0.2) is 0 Å². The normalized spacial score (nSPS) is 12.8. The van der Waals surface area contributed by atoms with Crippen LogP contribution in [0.3, 0.4) is 0 Å². The molecule has 1 amide bonds. The lowest BCUT2D eigenvalue weighted by Crippen LogP contribution is -2.24. The minimum absolute atomic E-state index is 0.161. The number of nitrogens with zero attached hydrogens (tertiary/aromatic N) is 3. The Bertz CT molecular complexity index is 948. The van der Waals surface area contributed by atoms with Gasteiger partial charge in [0.1, 0.15) is 5.82 Å². The van der Waals surface area contributed by atoms with Crippen molar-refractivity contribution in [1.29, 1.82) is 0 Å². The van der Waals surface area contributed by atoms with E-state index >= 15 is 0 Å². The van der Waals surface area contributed by atoms with E-state index in [0.29, 0.717) is 18.7 Å². The van der Waals surface area contributed by atoms with Gasteiger partial charge in [-0.1, -0.05) is 12.1 Å². The molecular weight excluding hydrogens is 320 g/mol. The number of aromatic nitrogens is 3. The van der Waals surface area contributed by atoms with E-state index < -0.39 is 0 Å². The summed E-state index contributed by atoms with van der Waals surface area (Å²) in [7, 11) is 0. The van der Waals surface area contributed by atoms with E-state index in [2.05, 4.69) is 15.5 Å². The molecule has 1 aliphatic rings. The number of benzene rings is 1. The summed E-state index contributed by atoms with van der Waals surface area (Å²) >= 11 is 0. The fourth-order valence-corrected chi connectivity index (χ4v) is 2.61. The molecule has 0 fully saturated rings. The van der Waals surface area contributed by atoms with Crippen LogP contribution in [0.1, 0.15) is 11.4 Å². The van der Waals surface area contributed by atoms with Gasteiger partial charge < -0.3 is 14.8 Å². The van der Waals surface area contributed by atoms with Crippen LogP contribution in [0.25, 0.3) is 11.7 Å². The van der Waals surface area contributed by atoms with Crippen molar-refractivity contribution in [2.75, 3.05) is 13.3 Å². The maximum atomic E-state index is 11.9. The number of pyridine rings is 1. The molecule has 1 aliphatic heterocycles. The zero-order chi connectivity index (χ0) is 17.1. The third-order valence-electron chi connectivity index (χ3n) is 3.86. The minimum atomic E-state index is -0.161. The molecule has 0 aliphatic carbocycles. The molecule has 0 bridgehead atoms. The zero-order valence-corrected chi connectivity index (χ0v) is 13.4. The second-order valence-electron chi connectivity index (χ2n) is 5.53. The fraction of sp³-hybridized carbons (Fsp3) is 0.167. The average molecular weight is 336 g/mol. The predicted molar refractivity (Wildman–Crippen MR) is 91.3 cm³/mol. The summed E-state index contributed by atoms with van der Waals surface area (Å²) in [5.41, 5.74) is 1.68. The van der Waals surface area contributed by atoms with E-state index in [0.717, 1.165) is 22.8 Å². The van der Waals surface area contributed by atoms with Gasteiger partial charge in [-0.05, 0) is 35.9 Å². The van der Waals surface area contributed by atoms with Crippen LogP contribution in [0.15, 0.2) is 48.7 Å². The Balaban J connectivity index is 1.32. The van der Waals surface area contributed by atoms with Crippen molar-refractivity contribution in [3.63, 3.8) is 0 Å². The van der Waals surface area contributed by atoms with Crippen molar-refractivity contribution >= 4 is 17.6 Å².